The Morgan fingerprint density at radius 1 is 1.33 bits per heavy atom. The van der Waals surface area contributed by atoms with Crippen molar-refractivity contribution in [2.24, 2.45) is 0 Å². The third-order valence-electron chi connectivity index (χ3n) is 3.59. The van der Waals surface area contributed by atoms with Crippen molar-refractivity contribution in [3.05, 3.63) is 23.8 Å². The van der Waals surface area contributed by atoms with Gasteiger partial charge in [0.25, 0.3) is 0 Å². The van der Waals surface area contributed by atoms with Crippen LogP contribution >= 0.6 is 0 Å². The second kappa shape index (κ2) is 4.98. The van der Waals surface area contributed by atoms with Crippen molar-refractivity contribution in [3.8, 4) is 5.75 Å². The van der Waals surface area contributed by atoms with Gasteiger partial charge >= 0.3 is 0 Å². The maximum Gasteiger partial charge on any atom is 0.224 e. The van der Waals surface area contributed by atoms with Crippen LogP contribution in [0.1, 0.15) is 24.8 Å². The SMILES string of the molecule is O=C1CCc2cc(OCC3CCCN3)ccc2N1. The lowest BCUT2D eigenvalue weighted by Gasteiger charge is -2.18. The molecule has 1 fully saturated rings. The molecular weight excluding hydrogens is 228 g/mol. The van der Waals surface area contributed by atoms with E-state index in [-0.39, 0.29) is 5.91 Å². The molecule has 4 heteroatoms. The van der Waals surface area contributed by atoms with Crippen LogP contribution in [0.15, 0.2) is 18.2 Å². The molecule has 4 nitrogen and oxygen atoms in total. The normalized spacial score (nSPS) is 22.4. The largest absolute Gasteiger partial charge is 0.492 e. The Kier molecular flexibility index (Phi) is 3.19. The van der Waals surface area contributed by atoms with E-state index in [0.29, 0.717) is 12.5 Å². The van der Waals surface area contributed by atoms with Gasteiger partial charge in [0.05, 0.1) is 0 Å². The van der Waals surface area contributed by atoms with Crippen LogP contribution in [0.4, 0.5) is 5.69 Å². The van der Waals surface area contributed by atoms with Crippen molar-refractivity contribution >= 4 is 11.6 Å². The number of hydrogen-bond donors (Lipinski definition) is 2. The highest BCUT2D eigenvalue weighted by Crippen LogP contribution is 2.27. The first-order valence-corrected chi connectivity index (χ1v) is 6.60. The summed E-state index contributed by atoms with van der Waals surface area (Å²) in [5, 5.41) is 6.29. The first-order chi connectivity index (χ1) is 8.81. The summed E-state index contributed by atoms with van der Waals surface area (Å²) >= 11 is 0. The molecule has 2 aliphatic heterocycles. The maximum absolute atomic E-state index is 11.3. The minimum Gasteiger partial charge on any atom is -0.492 e. The van der Waals surface area contributed by atoms with E-state index < -0.39 is 0 Å². The van der Waals surface area contributed by atoms with E-state index in [2.05, 4.69) is 10.6 Å². The fourth-order valence-corrected chi connectivity index (χ4v) is 2.55. The smallest absolute Gasteiger partial charge is 0.224 e. The molecule has 0 aromatic heterocycles. The lowest BCUT2D eigenvalue weighted by molar-refractivity contribution is -0.116. The number of carbonyl (C=O) groups excluding carboxylic acids is 1. The van der Waals surface area contributed by atoms with Crippen molar-refractivity contribution < 1.29 is 9.53 Å². The number of carbonyl (C=O) groups is 1. The van der Waals surface area contributed by atoms with Crippen molar-refractivity contribution in [1.82, 2.24) is 5.32 Å². The summed E-state index contributed by atoms with van der Waals surface area (Å²) in [5.41, 5.74) is 2.10. The monoisotopic (exact) mass is 246 g/mol. The molecule has 1 aromatic rings. The summed E-state index contributed by atoms with van der Waals surface area (Å²) in [4.78, 5) is 11.3. The fourth-order valence-electron chi connectivity index (χ4n) is 2.55. The van der Waals surface area contributed by atoms with E-state index in [1.54, 1.807) is 0 Å². The molecule has 1 aromatic carbocycles. The standard InChI is InChI=1S/C14H18N2O2/c17-14-6-3-10-8-12(4-5-13(10)16-14)18-9-11-2-1-7-15-11/h4-5,8,11,15H,1-3,6-7,9H2,(H,16,17). The second-order valence-electron chi connectivity index (χ2n) is 4.97. The van der Waals surface area contributed by atoms with E-state index in [1.807, 2.05) is 18.2 Å². The van der Waals surface area contributed by atoms with Gasteiger partial charge in [-0.15, -0.1) is 0 Å². The van der Waals surface area contributed by atoms with Crippen LogP contribution in [0.25, 0.3) is 0 Å². The predicted octanol–water partition coefficient (Wildman–Crippen LogP) is 1.70. The van der Waals surface area contributed by atoms with Gasteiger partial charge in [-0.3, -0.25) is 4.79 Å². The van der Waals surface area contributed by atoms with Gasteiger partial charge in [0.1, 0.15) is 12.4 Å². The van der Waals surface area contributed by atoms with Gasteiger partial charge in [0, 0.05) is 18.2 Å². The third kappa shape index (κ3) is 2.48. The Bertz CT molecular complexity index is 453. The van der Waals surface area contributed by atoms with E-state index in [4.69, 9.17) is 4.74 Å². The molecule has 18 heavy (non-hydrogen) atoms. The lowest BCUT2D eigenvalue weighted by atomic mass is 10.0. The first kappa shape index (κ1) is 11.5. The highest BCUT2D eigenvalue weighted by molar-refractivity contribution is 5.93. The van der Waals surface area contributed by atoms with Crippen LogP contribution in [-0.2, 0) is 11.2 Å². The topological polar surface area (TPSA) is 50.4 Å². The number of aryl methyl sites for hydroxylation is 1. The summed E-state index contributed by atoms with van der Waals surface area (Å²) < 4.78 is 5.81. The van der Waals surface area contributed by atoms with Crippen LogP contribution in [0.5, 0.6) is 5.75 Å². The molecule has 2 N–H and O–H groups in total. The van der Waals surface area contributed by atoms with Gasteiger partial charge < -0.3 is 15.4 Å². The van der Waals surface area contributed by atoms with Gasteiger partial charge in [0.2, 0.25) is 5.91 Å². The van der Waals surface area contributed by atoms with Crippen LogP contribution in [-0.4, -0.2) is 25.1 Å². The molecule has 1 amide bonds. The average molecular weight is 246 g/mol. The van der Waals surface area contributed by atoms with Gasteiger partial charge in [-0.2, -0.15) is 0 Å². The zero-order chi connectivity index (χ0) is 12.4. The average Bonchev–Trinajstić information content (AvgIpc) is 2.89. The zero-order valence-electron chi connectivity index (χ0n) is 10.4. The molecule has 3 rings (SSSR count). The molecule has 1 unspecified atom stereocenters. The summed E-state index contributed by atoms with van der Waals surface area (Å²) in [7, 11) is 0. The quantitative estimate of drug-likeness (QED) is 0.853. The van der Waals surface area contributed by atoms with E-state index in [1.165, 1.54) is 18.4 Å². The number of rotatable bonds is 3. The van der Waals surface area contributed by atoms with Gasteiger partial charge in [-0.25, -0.2) is 0 Å². The molecule has 2 aliphatic rings. The summed E-state index contributed by atoms with van der Waals surface area (Å²) in [6.07, 6.45) is 3.81. The molecule has 0 aliphatic carbocycles. The van der Waals surface area contributed by atoms with Crippen molar-refractivity contribution in [3.63, 3.8) is 0 Å². The molecular formula is C14H18N2O2. The van der Waals surface area contributed by atoms with Crippen molar-refractivity contribution in [2.45, 2.75) is 31.7 Å². The van der Waals surface area contributed by atoms with Gasteiger partial charge in [-0.1, -0.05) is 0 Å². The van der Waals surface area contributed by atoms with Crippen LogP contribution in [0, 0.1) is 0 Å². The van der Waals surface area contributed by atoms with Crippen LogP contribution < -0.4 is 15.4 Å². The maximum atomic E-state index is 11.3. The van der Waals surface area contributed by atoms with Gasteiger partial charge in [-0.05, 0) is 49.6 Å². The number of benzene rings is 1. The molecule has 1 saturated heterocycles. The molecule has 0 spiro atoms. The molecule has 1 atom stereocenters. The Hall–Kier alpha value is -1.55. The minimum atomic E-state index is 0.103. The lowest BCUT2D eigenvalue weighted by Crippen LogP contribution is -2.28. The predicted molar refractivity (Wildman–Crippen MR) is 69.9 cm³/mol. The number of hydrogen-bond acceptors (Lipinski definition) is 3. The van der Waals surface area contributed by atoms with Crippen LogP contribution in [0.3, 0.4) is 0 Å². The summed E-state index contributed by atoms with van der Waals surface area (Å²) in [6, 6.07) is 6.40. The summed E-state index contributed by atoms with van der Waals surface area (Å²) in [6.45, 7) is 1.83. The Balaban J connectivity index is 1.64. The molecule has 96 valence electrons. The Morgan fingerprint density at radius 3 is 3.11 bits per heavy atom. The Morgan fingerprint density at radius 2 is 2.28 bits per heavy atom. The molecule has 0 bridgehead atoms. The van der Waals surface area contributed by atoms with E-state index in [9.17, 15) is 4.79 Å². The number of anilines is 1. The molecule has 0 radical (unpaired) electrons. The van der Waals surface area contributed by atoms with Crippen LogP contribution in [0.2, 0.25) is 0 Å². The van der Waals surface area contributed by atoms with E-state index >= 15 is 0 Å². The highest BCUT2D eigenvalue weighted by Gasteiger charge is 2.17. The number of nitrogens with one attached hydrogen (secondary N) is 2. The highest BCUT2D eigenvalue weighted by atomic mass is 16.5. The van der Waals surface area contributed by atoms with Crippen molar-refractivity contribution in [1.29, 1.82) is 0 Å². The molecule has 0 saturated carbocycles. The second-order valence-corrected chi connectivity index (χ2v) is 4.97. The number of fused-ring (bicyclic) bond motifs is 1. The van der Waals surface area contributed by atoms with E-state index in [0.717, 1.165) is 31.0 Å². The number of ether oxygens (including phenoxy) is 1. The number of amides is 1. The fraction of sp³-hybridized carbons (Fsp3) is 0.500. The van der Waals surface area contributed by atoms with Crippen molar-refractivity contribution in [2.75, 3.05) is 18.5 Å². The third-order valence-corrected chi connectivity index (χ3v) is 3.59. The minimum absolute atomic E-state index is 0.103. The zero-order valence-corrected chi connectivity index (χ0v) is 10.4. The van der Waals surface area contributed by atoms with Gasteiger partial charge in [0.15, 0.2) is 0 Å². The Labute approximate surface area is 107 Å². The molecule has 2 heterocycles. The summed E-state index contributed by atoms with van der Waals surface area (Å²) in [5.74, 6) is 1.00. The first-order valence-electron chi connectivity index (χ1n) is 6.60.